The van der Waals surface area contributed by atoms with Crippen LogP contribution >= 0.6 is 0 Å². The SMILES string of the molecule is CC1CC(Nc2nc(N)nc(-n3cccn3)n2)CCN1C. The molecule has 21 heavy (non-hydrogen) atoms. The topological polar surface area (TPSA) is 97.8 Å². The zero-order valence-corrected chi connectivity index (χ0v) is 12.3. The first-order valence-corrected chi connectivity index (χ1v) is 7.10. The Balaban J connectivity index is 1.77. The number of nitrogens with one attached hydrogen (secondary N) is 1. The summed E-state index contributed by atoms with van der Waals surface area (Å²) in [5.74, 6) is 1.13. The molecule has 2 aromatic rings. The van der Waals surface area contributed by atoms with Gasteiger partial charge in [-0.15, -0.1) is 0 Å². The minimum atomic E-state index is 0.193. The fourth-order valence-corrected chi connectivity index (χ4v) is 2.54. The summed E-state index contributed by atoms with van der Waals surface area (Å²) in [5.41, 5.74) is 5.77. The number of rotatable bonds is 3. The maximum absolute atomic E-state index is 5.77. The lowest BCUT2D eigenvalue weighted by atomic mass is 9.99. The molecule has 0 radical (unpaired) electrons. The number of likely N-dealkylation sites (tertiary alicyclic amines) is 1. The number of piperidine rings is 1. The summed E-state index contributed by atoms with van der Waals surface area (Å²) in [6, 6.07) is 2.70. The summed E-state index contributed by atoms with van der Waals surface area (Å²) >= 11 is 0. The van der Waals surface area contributed by atoms with Crippen LogP contribution in [-0.2, 0) is 0 Å². The van der Waals surface area contributed by atoms with Crippen molar-refractivity contribution >= 4 is 11.9 Å². The van der Waals surface area contributed by atoms with Crippen LogP contribution in [0.15, 0.2) is 18.5 Å². The first-order chi connectivity index (χ1) is 10.1. The van der Waals surface area contributed by atoms with Gasteiger partial charge in [-0.1, -0.05) is 0 Å². The van der Waals surface area contributed by atoms with Crippen LogP contribution in [0.25, 0.3) is 5.95 Å². The number of nitrogens with zero attached hydrogens (tertiary/aromatic N) is 6. The van der Waals surface area contributed by atoms with Gasteiger partial charge in [-0.25, -0.2) is 4.68 Å². The molecule has 0 bridgehead atoms. The van der Waals surface area contributed by atoms with Crippen molar-refractivity contribution in [2.45, 2.75) is 31.8 Å². The Morgan fingerprint density at radius 2 is 2.19 bits per heavy atom. The van der Waals surface area contributed by atoms with Gasteiger partial charge < -0.3 is 16.0 Å². The second kappa shape index (κ2) is 5.65. The smallest absolute Gasteiger partial charge is 0.257 e. The lowest BCUT2D eigenvalue weighted by Crippen LogP contribution is -2.42. The first kappa shape index (κ1) is 13.7. The minimum Gasteiger partial charge on any atom is -0.368 e. The molecule has 8 heteroatoms. The summed E-state index contributed by atoms with van der Waals surface area (Å²) in [4.78, 5) is 15.0. The van der Waals surface area contributed by atoms with Crippen molar-refractivity contribution in [1.29, 1.82) is 0 Å². The molecule has 0 amide bonds. The van der Waals surface area contributed by atoms with Crippen LogP contribution in [0.4, 0.5) is 11.9 Å². The van der Waals surface area contributed by atoms with E-state index in [0.29, 0.717) is 24.0 Å². The van der Waals surface area contributed by atoms with Crippen LogP contribution in [0, 0.1) is 0 Å². The van der Waals surface area contributed by atoms with Gasteiger partial charge in [-0.2, -0.15) is 20.1 Å². The average molecular weight is 288 g/mol. The van der Waals surface area contributed by atoms with Crippen LogP contribution in [0.2, 0.25) is 0 Å². The third-order valence-corrected chi connectivity index (χ3v) is 3.89. The number of hydrogen-bond acceptors (Lipinski definition) is 7. The molecule has 0 spiro atoms. The summed E-state index contributed by atoms with van der Waals surface area (Å²) < 4.78 is 1.57. The summed E-state index contributed by atoms with van der Waals surface area (Å²) in [5, 5.41) is 7.48. The Hall–Kier alpha value is -2.22. The van der Waals surface area contributed by atoms with Gasteiger partial charge in [0.2, 0.25) is 11.9 Å². The van der Waals surface area contributed by atoms with Crippen LogP contribution < -0.4 is 11.1 Å². The standard InChI is InChI=1S/C13H20N8/c1-9-8-10(4-7-20(9)2)16-12-17-11(14)18-13(19-12)21-6-3-5-15-21/h3,5-6,9-10H,4,7-8H2,1-2H3,(H3,14,16,17,18,19). The summed E-state index contributed by atoms with van der Waals surface area (Å²) in [7, 11) is 2.15. The highest BCUT2D eigenvalue weighted by atomic mass is 15.4. The van der Waals surface area contributed by atoms with E-state index in [-0.39, 0.29) is 5.95 Å². The van der Waals surface area contributed by atoms with Crippen molar-refractivity contribution in [1.82, 2.24) is 29.6 Å². The molecule has 0 saturated carbocycles. The number of nitrogens with two attached hydrogens (primary N) is 1. The highest BCUT2D eigenvalue weighted by Crippen LogP contribution is 2.18. The number of nitrogen functional groups attached to an aromatic ring is 1. The number of aromatic nitrogens is 5. The Morgan fingerprint density at radius 1 is 1.33 bits per heavy atom. The third-order valence-electron chi connectivity index (χ3n) is 3.89. The van der Waals surface area contributed by atoms with Crippen molar-refractivity contribution in [3.05, 3.63) is 18.5 Å². The molecule has 3 rings (SSSR count). The predicted octanol–water partition coefficient (Wildman–Crippen LogP) is 0.534. The van der Waals surface area contributed by atoms with Gasteiger partial charge in [-0.05, 0) is 32.9 Å². The van der Waals surface area contributed by atoms with Gasteiger partial charge in [0.15, 0.2) is 0 Å². The molecular weight excluding hydrogens is 268 g/mol. The van der Waals surface area contributed by atoms with Gasteiger partial charge in [-0.3, -0.25) is 0 Å². The number of hydrogen-bond donors (Lipinski definition) is 2. The summed E-state index contributed by atoms with van der Waals surface area (Å²) in [6.45, 7) is 3.29. The van der Waals surface area contributed by atoms with E-state index in [1.165, 1.54) is 0 Å². The highest BCUT2D eigenvalue weighted by Gasteiger charge is 2.23. The highest BCUT2D eigenvalue weighted by molar-refractivity contribution is 5.35. The lowest BCUT2D eigenvalue weighted by Gasteiger charge is -2.35. The van der Waals surface area contributed by atoms with Crippen molar-refractivity contribution in [3.63, 3.8) is 0 Å². The molecule has 112 valence electrons. The zero-order chi connectivity index (χ0) is 14.8. The first-order valence-electron chi connectivity index (χ1n) is 7.10. The second-order valence-electron chi connectivity index (χ2n) is 5.46. The Labute approximate surface area is 123 Å². The third kappa shape index (κ3) is 3.10. The van der Waals surface area contributed by atoms with Gasteiger partial charge in [0, 0.05) is 31.0 Å². The molecule has 1 saturated heterocycles. The van der Waals surface area contributed by atoms with E-state index in [1.54, 1.807) is 17.1 Å². The Bertz CT molecular complexity index is 596. The van der Waals surface area contributed by atoms with Crippen LogP contribution in [-0.4, -0.2) is 55.3 Å². The van der Waals surface area contributed by atoms with E-state index in [0.717, 1.165) is 19.4 Å². The van der Waals surface area contributed by atoms with Crippen molar-refractivity contribution in [2.24, 2.45) is 0 Å². The van der Waals surface area contributed by atoms with E-state index in [1.807, 2.05) is 6.07 Å². The van der Waals surface area contributed by atoms with Gasteiger partial charge in [0.05, 0.1) is 0 Å². The van der Waals surface area contributed by atoms with Crippen molar-refractivity contribution in [3.8, 4) is 5.95 Å². The molecule has 1 aliphatic rings. The molecule has 1 aliphatic heterocycles. The van der Waals surface area contributed by atoms with Crippen LogP contribution in [0.5, 0.6) is 0 Å². The van der Waals surface area contributed by atoms with Crippen molar-refractivity contribution < 1.29 is 0 Å². The van der Waals surface area contributed by atoms with Gasteiger partial charge in [0.1, 0.15) is 0 Å². The fraction of sp³-hybridized carbons (Fsp3) is 0.538. The molecule has 3 heterocycles. The van der Waals surface area contributed by atoms with Gasteiger partial charge in [0.25, 0.3) is 5.95 Å². The maximum Gasteiger partial charge on any atom is 0.257 e. The molecule has 2 unspecified atom stereocenters. The number of anilines is 2. The average Bonchev–Trinajstić information content (AvgIpc) is 2.96. The predicted molar refractivity (Wildman–Crippen MR) is 80.1 cm³/mol. The quantitative estimate of drug-likeness (QED) is 0.850. The van der Waals surface area contributed by atoms with E-state index in [9.17, 15) is 0 Å². The molecule has 8 nitrogen and oxygen atoms in total. The molecule has 0 aliphatic carbocycles. The van der Waals surface area contributed by atoms with E-state index in [4.69, 9.17) is 5.73 Å². The monoisotopic (exact) mass is 288 g/mol. The zero-order valence-electron chi connectivity index (χ0n) is 12.3. The molecule has 1 fully saturated rings. The molecule has 3 N–H and O–H groups in total. The van der Waals surface area contributed by atoms with E-state index in [2.05, 4.69) is 44.2 Å². The molecule has 2 atom stereocenters. The normalized spacial score (nSPS) is 23.1. The van der Waals surface area contributed by atoms with E-state index >= 15 is 0 Å². The van der Waals surface area contributed by atoms with E-state index < -0.39 is 0 Å². The second-order valence-corrected chi connectivity index (χ2v) is 5.46. The molecule has 0 aromatic carbocycles. The molecular formula is C13H20N8. The van der Waals surface area contributed by atoms with Crippen molar-refractivity contribution in [2.75, 3.05) is 24.6 Å². The largest absolute Gasteiger partial charge is 0.368 e. The lowest BCUT2D eigenvalue weighted by molar-refractivity contribution is 0.190. The Morgan fingerprint density at radius 3 is 2.90 bits per heavy atom. The van der Waals surface area contributed by atoms with Crippen LogP contribution in [0.3, 0.4) is 0 Å². The summed E-state index contributed by atoms with van der Waals surface area (Å²) in [6.07, 6.45) is 5.56. The van der Waals surface area contributed by atoms with Gasteiger partial charge >= 0.3 is 0 Å². The maximum atomic E-state index is 5.77. The Kier molecular flexibility index (Phi) is 3.70. The minimum absolute atomic E-state index is 0.193. The fourth-order valence-electron chi connectivity index (χ4n) is 2.54. The molecule has 2 aromatic heterocycles. The van der Waals surface area contributed by atoms with Crippen LogP contribution in [0.1, 0.15) is 19.8 Å².